The molecule has 2 saturated carbocycles. The summed E-state index contributed by atoms with van der Waals surface area (Å²) in [5, 5.41) is 0. The monoisotopic (exact) mass is 294 g/mol. The van der Waals surface area contributed by atoms with Crippen LogP contribution >= 0.6 is 0 Å². The number of carbonyl (C=O) groups excluding carboxylic acids is 2. The van der Waals surface area contributed by atoms with Crippen molar-refractivity contribution in [1.29, 1.82) is 0 Å². The minimum atomic E-state index is -0.340. The lowest BCUT2D eigenvalue weighted by atomic mass is 9.98. The Morgan fingerprint density at radius 3 is 1.90 bits per heavy atom. The minimum absolute atomic E-state index is 0.0603. The first-order chi connectivity index (χ1) is 10.2. The molecule has 0 amide bonds. The SMILES string of the molecule is O=C(C=CCC(=O)OC1CCCCC1)OC1CCCCC1. The van der Waals surface area contributed by atoms with Gasteiger partial charge in [-0.3, -0.25) is 4.79 Å². The average Bonchev–Trinajstić information content (AvgIpc) is 2.49. The minimum Gasteiger partial charge on any atom is -0.462 e. The Bertz CT molecular complexity index is 363. The predicted octanol–water partition coefficient (Wildman–Crippen LogP) is 3.68. The fourth-order valence-corrected chi connectivity index (χ4v) is 3.05. The van der Waals surface area contributed by atoms with Crippen LogP contribution in [-0.4, -0.2) is 24.1 Å². The normalized spacial score (nSPS) is 21.3. The zero-order chi connectivity index (χ0) is 14.9. The number of esters is 2. The summed E-state index contributed by atoms with van der Waals surface area (Å²) in [4.78, 5) is 23.3. The summed E-state index contributed by atoms with van der Waals surface area (Å²) < 4.78 is 10.7. The van der Waals surface area contributed by atoms with E-state index in [1.807, 2.05) is 0 Å². The molecule has 0 aromatic heterocycles. The predicted molar refractivity (Wildman–Crippen MR) is 79.7 cm³/mol. The summed E-state index contributed by atoms with van der Waals surface area (Å²) in [5.74, 6) is -0.587. The van der Waals surface area contributed by atoms with Gasteiger partial charge in [-0.1, -0.05) is 18.9 Å². The largest absolute Gasteiger partial charge is 0.462 e. The van der Waals surface area contributed by atoms with Gasteiger partial charge in [-0.25, -0.2) is 4.79 Å². The van der Waals surface area contributed by atoms with Crippen molar-refractivity contribution in [3.05, 3.63) is 12.2 Å². The Labute approximate surface area is 126 Å². The van der Waals surface area contributed by atoms with Gasteiger partial charge in [-0.2, -0.15) is 0 Å². The Morgan fingerprint density at radius 2 is 1.33 bits per heavy atom. The molecule has 0 radical (unpaired) electrons. The molecule has 0 aromatic rings. The third-order valence-corrected chi connectivity index (χ3v) is 4.22. The van der Waals surface area contributed by atoms with Gasteiger partial charge in [-0.05, 0) is 51.4 Å². The molecule has 21 heavy (non-hydrogen) atoms. The van der Waals surface area contributed by atoms with Crippen LogP contribution in [0.15, 0.2) is 12.2 Å². The maximum absolute atomic E-state index is 11.7. The summed E-state index contributed by atoms with van der Waals surface area (Å²) in [6.07, 6.45) is 14.1. The summed E-state index contributed by atoms with van der Waals surface area (Å²) in [6.45, 7) is 0. The van der Waals surface area contributed by atoms with Gasteiger partial charge >= 0.3 is 11.9 Å². The molecule has 0 saturated heterocycles. The van der Waals surface area contributed by atoms with Crippen LogP contribution in [-0.2, 0) is 19.1 Å². The van der Waals surface area contributed by atoms with Gasteiger partial charge < -0.3 is 9.47 Å². The maximum Gasteiger partial charge on any atom is 0.330 e. The van der Waals surface area contributed by atoms with Gasteiger partial charge in [0.1, 0.15) is 12.2 Å². The number of ether oxygens (including phenoxy) is 2. The van der Waals surface area contributed by atoms with Crippen molar-refractivity contribution in [3.8, 4) is 0 Å². The molecule has 2 fully saturated rings. The van der Waals surface area contributed by atoms with Gasteiger partial charge in [0.15, 0.2) is 0 Å². The molecule has 0 N–H and O–H groups in total. The number of carbonyl (C=O) groups is 2. The van der Waals surface area contributed by atoms with Crippen molar-refractivity contribution in [2.75, 3.05) is 0 Å². The lowest BCUT2D eigenvalue weighted by Crippen LogP contribution is -2.20. The van der Waals surface area contributed by atoms with Gasteiger partial charge in [-0.15, -0.1) is 0 Å². The molecule has 0 spiro atoms. The average molecular weight is 294 g/mol. The van der Waals surface area contributed by atoms with Crippen molar-refractivity contribution in [1.82, 2.24) is 0 Å². The van der Waals surface area contributed by atoms with Crippen LogP contribution < -0.4 is 0 Å². The molecular formula is C17H26O4. The van der Waals surface area contributed by atoms with Gasteiger partial charge in [0.2, 0.25) is 0 Å². The summed E-state index contributed by atoms with van der Waals surface area (Å²) in [7, 11) is 0. The second-order valence-corrected chi connectivity index (χ2v) is 6.05. The highest BCUT2D eigenvalue weighted by atomic mass is 16.5. The smallest absolute Gasteiger partial charge is 0.330 e. The Hall–Kier alpha value is -1.32. The molecule has 4 nitrogen and oxygen atoms in total. The Morgan fingerprint density at radius 1 is 0.810 bits per heavy atom. The quantitative estimate of drug-likeness (QED) is 0.573. The molecule has 4 heteroatoms. The van der Waals surface area contributed by atoms with Crippen molar-refractivity contribution < 1.29 is 19.1 Å². The molecule has 2 aliphatic carbocycles. The van der Waals surface area contributed by atoms with Crippen LogP contribution in [0.5, 0.6) is 0 Å². The van der Waals surface area contributed by atoms with E-state index in [-0.39, 0.29) is 30.6 Å². The molecule has 0 aromatic carbocycles. The highest BCUT2D eigenvalue weighted by Gasteiger charge is 2.18. The third-order valence-electron chi connectivity index (χ3n) is 4.22. The lowest BCUT2D eigenvalue weighted by Gasteiger charge is -2.21. The highest BCUT2D eigenvalue weighted by Crippen LogP contribution is 2.21. The molecule has 0 heterocycles. The maximum atomic E-state index is 11.7. The van der Waals surface area contributed by atoms with Crippen LogP contribution in [0, 0.1) is 0 Å². The first-order valence-electron chi connectivity index (χ1n) is 8.30. The fraction of sp³-hybridized carbons (Fsp3) is 0.765. The molecule has 118 valence electrons. The summed E-state index contributed by atoms with van der Waals surface area (Å²) in [6, 6.07) is 0. The lowest BCUT2D eigenvalue weighted by molar-refractivity contribution is -0.149. The Kier molecular flexibility index (Phi) is 6.77. The van der Waals surface area contributed by atoms with Gasteiger partial charge in [0, 0.05) is 6.08 Å². The molecule has 0 unspecified atom stereocenters. The Balaban J connectivity index is 1.61. The standard InChI is InChI=1S/C17H26O4/c18-16(20-14-8-3-1-4-9-14)12-7-13-17(19)21-15-10-5-2-6-11-15/h7,12,14-15H,1-6,8-11,13H2. The van der Waals surface area contributed by atoms with Crippen molar-refractivity contribution in [3.63, 3.8) is 0 Å². The van der Waals surface area contributed by atoms with E-state index in [1.165, 1.54) is 18.9 Å². The second kappa shape index (κ2) is 8.85. The first kappa shape index (κ1) is 16.1. The molecule has 0 bridgehead atoms. The van der Waals surface area contributed by atoms with E-state index in [2.05, 4.69) is 0 Å². The van der Waals surface area contributed by atoms with Crippen LogP contribution in [0.25, 0.3) is 0 Å². The van der Waals surface area contributed by atoms with Gasteiger partial charge in [0.25, 0.3) is 0 Å². The number of hydrogen-bond acceptors (Lipinski definition) is 4. The first-order valence-corrected chi connectivity index (χ1v) is 8.30. The molecular weight excluding hydrogens is 268 g/mol. The van der Waals surface area contributed by atoms with E-state index < -0.39 is 0 Å². The summed E-state index contributed by atoms with van der Waals surface area (Å²) in [5.41, 5.74) is 0. The topological polar surface area (TPSA) is 52.6 Å². The van der Waals surface area contributed by atoms with E-state index in [4.69, 9.17) is 9.47 Å². The van der Waals surface area contributed by atoms with Crippen LogP contribution in [0.2, 0.25) is 0 Å². The molecule has 0 aliphatic heterocycles. The van der Waals surface area contributed by atoms with Crippen molar-refractivity contribution in [2.24, 2.45) is 0 Å². The third kappa shape index (κ3) is 6.32. The van der Waals surface area contributed by atoms with Crippen LogP contribution in [0.1, 0.15) is 70.6 Å². The zero-order valence-corrected chi connectivity index (χ0v) is 12.7. The van der Waals surface area contributed by atoms with E-state index in [0.717, 1.165) is 51.4 Å². The van der Waals surface area contributed by atoms with E-state index in [9.17, 15) is 9.59 Å². The van der Waals surface area contributed by atoms with Crippen molar-refractivity contribution in [2.45, 2.75) is 82.8 Å². The second-order valence-electron chi connectivity index (χ2n) is 6.05. The number of hydrogen-bond donors (Lipinski definition) is 0. The van der Waals surface area contributed by atoms with Crippen molar-refractivity contribution >= 4 is 11.9 Å². The van der Waals surface area contributed by atoms with E-state index in [0.29, 0.717) is 0 Å². The van der Waals surface area contributed by atoms with Gasteiger partial charge in [0.05, 0.1) is 6.42 Å². The zero-order valence-electron chi connectivity index (χ0n) is 12.7. The molecule has 2 rings (SSSR count). The van der Waals surface area contributed by atoms with E-state index in [1.54, 1.807) is 6.08 Å². The molecule has 0 atom stereocenters. The fourth-order valence-electron chi connectivity index (χ4n) is 3.05. The van der Waals surface area contributed by atoms with Crippen LogP contribution in [0.4, 0.5) is 0 Å². The number of rotatable bonds is 5. The van der Waals surface area contributed by atoms with E-state index >= 15 is 0 Å². The highest BCUT2D eigenvalue weighted by molar-refractivity contribution is 5.83. The summed E-state index contributed by atoms with van der Waals surface area (Å²) >= 11 is 0. The van der Waals surface area contributed by atoms with Crippen LogP contribution in [0.3, 0.4) is 0 Å². The molecule has 2 aliphatic rings.